The Hall–Kier alpha value is -6.53. The first kappa shape index (κ1) is 42.6. The zero-order chi connectivity index (χ0) is 41.7. The van der Waals surface area contributed by atoms with Gasteiger partial charge in [-0.25, -0.2) is 24.1 Å². The number of hydrogen-bond acceptors (Lipinski definition) is 16. The summed E-state index contributed by atoms with van der Waals surface area (Å²) in [6.45, 7) is 3.93. The molecule has 3 aromatic carbocycles. The van der Waals surface area contributed by atoms with E-state index >= 15 is 0 Å². The number of rotatable bonds is 20. The number of anilines is 2. The van der Waals surface area contributed by atoms with Crippen molar-refractivity contribution in [1.82, 2.24) is 25.3 Å². The number of carboxylic acid groups (broad SMARTS) is 1. The first-order valence-electron chi connectivity index (χ1n) is 17.9. The van der Waals surface area contributed by atoms with Crippen LogP contribution in [0.2, 0.25) is 0 Å². The number of carboxylic acids is 1. The first-order chi connectivity index (χ1) is 27.9. The predicted octanol–water partition coefficient (Wildman–Crippen LogP) is 4.44. The van der Waals surface area contributed by atoms with Crippen molar-refractivity contribution in [2.45, 2.75) is 45.7 Å². The van der Waals surface area contributed by atoms with Crippen molar-refractivity contribution in [3.63, 3.8) is 0 Å². The highest BCUT2D eigenvalue weighted by Gasteiger charge is 2.26. The fraction of sp³-hybridized carbons (Fsp3) is 0.263. The summed E-state index contributed by atoms with van der Waals surface area (Å²) in [7, 11) is -3.64. The van der Waals surface area contributed by atoms with Gasteiger partial charge in [-0.2, -0.15) is 4.98 Å². The number of amides is 1. The fourth-order valence-corrected chi connectivity index (χ4v) is 6.41. The third-order valence-corrected chi connectivity index (χ3v) is 9.67. The number of ether oxygens (including phenoxy) is 2. The van der Waals surface area contributed by atoms with Gasteiger partial charge in [0.2, 0.25) is 5.95 Å². The molecular formula is C38H40N7O12P. The van der Waals surface area contributed by atoms with Crippen molar-refractivity contribution in [3.8, 4) is 11.5 Å². The second-order valence-electron chi connectivity index (χ2n) is 12.2. The molecule has 2 heterocycles. The third-order valence-electron chi connectivity index (χ3n) is 8.03. The number of nitrogen functional groups attached to an aromatic ring is 1. The second-order valence-corrected chi connectivity index (χ2v) is 13.9. The van der Waals surface area contributed by atoms with Crippen molar-refractivity contribution < 1.29 is 51.9 Å². The van der Waals surface area contributed by atoms with Gasteiger partial charge in [-0.15, -0.1) is 0 Å². The van der Waals surface area contributed by atoms with Crippen LogP contribution in [0.5, 0.6) is 11.5 Å². The summed E-state index contributed by atoms with van der Waals surface area (Å²) in [6, 6.07) is 17.1. The van der Waals surface area contributed by atoms with Crippen LogP contribution in [-0.4, -0.2) is 74.7 Å². The lowest BCUT2D eigenvalue weighted by molar-refractivity contribution is -0.140. The molecule has 5 aromatic rings. The molecule has 58 heavy (non-hydrogen) atoms. The Balaban J connectivity index is 1.09. The topological polar surface area (TPSA) is 273 Å². The van der Waals surface area contributed by atoms with E-state index in [1.165, 1.54) is 30.5 Å². The highest BCUT2D eigenvalue weighted by atomic mass is 31.2. The summed E-state index contributed by atoms with van der Waals surface area (Å²) < 4.78 is 38.9. The van der Waals surface area contributed by atoms with Gasteiger partial charge in [-0.3, -0.25) is 32.9 Å². The molecule has 0 saturated heterocycles. The van der Waals surface area contributed by atoms with E-state index in [9.17, 15) is 33.6 Å². The van der Waals surface area contributed by atoms with Crippen molar-refractivity contribution >= 4 is 54.4 Å². The molecule has 1 amide bonds. The number of benzene rings is 3. The summed E-state index contributed by atoms with van der Waals surface area (Å²) in [4.78, 5) is 77.6. The number of carbonyl (C=O) groups is 4. The minimum absolute atomic E-state index is 0.0304. The van der Waals surface area contributed by atoms with Crippen LogP contribution < -0.4 is 31.4 Å². The SMILES string of the molecule is CCOP(=O)(OCC)OCCc1ccc(OC(=O)c2ccccc2OC(=O)CC[C@H](NC(=O)c2ccc(NCc3cnc4nc(N)[nH]c(=O)c4n3)cc2)C(=O)O)cc1. The quantitative estimate of drug-likeness (QED) is 0.0413. The molecular weight excluding hydrogens is 777 g/mol. The average Bonchev–Trinajstić information content (AvgIpc) is 3.19. The Morgan fingerprint density at radius 2 is 1.62 bits per heavy atom. The lowest BCUT2D eigenvalue weighted by atomic mass is 10.1. The van der Waals surface area contributed by atoms with Crippen LogP contribution in [0.25, 0.3) is 11.2 Å². The highest BCUT2D eigenvalue weighted by Crippen LogP contribution is 2.49. The van der Waals surface area contributed by atoms with E-state index < -0.39 is 49.7 Å². The molecule has 20 heteroatoms. The van der Waals surface area contributed by atoms with Gasteiger partial charge >= 0.3 is 25.7 Å². The van der Waals surface area contributed by atoms with Gasteiger partial charge in [0, 0.05) is 17.7 Å². The van der Waals surface area contributed by atoms with E-state index in [-0.39, 0.29) is 72.5 Å². The number of H-pyrrole nitrogens is 1. The van der Waals surface area contributed by atoms with Crippen LogP contribution in [-0.2, 0) is 40.7 Å². The molecule has 0 bridgehead atoms. The van der Waals surface area contributed by atoms with Gasteiger partial charge in [0.25, 0.3) is 11.5 Å². The number of carbonyl (C=O) groups excluding carboxylic acids is 3. The number of aromatic nitrogens is 4. The third kappa shape index (κ3) is 12.0. The van der Waals surface area contributed by atoms with Gasteiger partial charge in [0.1, 0.15) is 23.1 Å². The second kappa shape index (κ2) is 20.1. The summed E-state index contributed by atoms with van der Waals surface area (Å²) in [5.41, 5.74) is 7.08. The Labute approximate surface area is 330 Å². The van der Waals surface area contributed by atoms with Crippen LogP contribution in [0.4, 0.5) is 11.6 Å². The number of para-hydroxylation sites is 1. The Bertz CT molecular complexity index is 2350. The number of esters is 2. The van der Waals surface area contributed by atoms with Gasteiger partial charge in [0.05, 0.1) is 38.3 Å². The maximum absolute atomic E-state index is 13.1. The van der Waals surface area contributed by atoms with Gasteiger partial charge in [-0.1, -0.05) is 24.3 Å². The van der Waals surface area contributed by atoms with Crippen LogP contribution in [0.15, 0.2) is 83.8 Å². The lowest BCUT2D eigenvalue weighted by Gasteiger charge is -2.16. The molecule has 0 fully saturated rings. The fourth-order valence-electron chi connectivity index (χ4n) is 5.24. The molecule has 5 rings (SSSR count). The van der Waals surface area contributed by atoms with E-state index in [1.807, 2.05) is 0 Å². The average molecular weight is 818 g/mol. The largest absolute Gasteiger partial charge is 0.480 e. The molecule has 304 valence electrons. The van der Waals surface area contributed by atoms with Gasteiger partial charge in [-0.05, 0) is 80.8 Å². The zero-order valence-electron chi connectivity index (χ0n) is 31.3. The number of nitrogens with two attached hydrogens (primary N) is 1. The molecule has 0 aliphatic rings. The van der Waals surface area contributed by atoms with Crippen LogP contribution in [0.3, 0.4) is 0 Å². The summed E-state index contributed by atoms with van der Waals surface area (Å²) >= 11 is 0. The van der Waals surface area contributed by atoms with Crippen molar-refractivity contribution in [3.05, 3.63) is 112 Å². The molecule has 19 nitrogen and oxygen atoms in total. The number of phosphoric acid groups is 1. The van der Waals surface area contributed by atoms with Crippen molar-refractivity contribution in [1.29, 1.82) is 0 Å². The lowest BCUT2D eigenvalue weighted by Crippen LogP contribution is -2.41. The molecule has 0 spiro atoms. The molecule has 0 aliphatic heterocycles. The first-order valence-corrected chi connectivity index (χ1v) is 19.4. The number of phosphoric ester groups is 1. The summed E-state index contributed by atoms with van der Waals surface area (Å²) in [6.07, 6.45) is 1.10. The van der Waals surface area contributed by atoms with Crippen molar-refractivity contribution in [2.24, 2.45) is 0 Å². The maximum Gasteiger partial charge on any atom is 0.474 e. The summed E-state index contributed by atoms with van der Waals surface area (Å²) in [5.74, 6) is -3.69. The van der Waals surface area contributed by atoms with Crippen molar-refractivity contribution in [2.75, 3.05) is 30.9 Å². The minimum Gasteiger partial charge on any atom is -0.480 e. The minimum atomic E-state index is -3.64. The van der Waals surface area contributed by atoms with Crippen LogP contribution in [0.1, 0.15) is 58.7 Å². The monoisotopic (exact) mass is 817 g/mol. The molecule has 0 unspecified atom stereocenters. The van der Waals surface area contributed by atoms with Crippen LogP contribution in [0, 0.1) is 0 Å². The maximum atomic E-state index is 13.1. The Kier molecular flexibility index (Phi) is 14.7. The van der Waals surface area contributed by atoms with Gasteiger partial charge < -0.3 is 30.9 Å². The standard InChI is InChI=1S/C38H40N7O12P/c1-3-53-58(52,54-4-2)55-20-19-23-9-15-27(16-10-23)56-37(51)28-7-5-6-8-30(28)57-31(46)18-17-29(36(49)50)43-34(47)24-11-13-25(14-12-24)40-21-26-22-41-33-32(42-26)35(48)45-38(39)44-33/h5-16,22,29,40H,3-4,17-21H2,1-2H3,(H,43,47)(H,49,50)(H3,39,41,44,45,48)/t29-/m0/s1. The van der Waals surface area contributed by atoms with Gasteiger partial charge in [0.15, 0.2) is 11.2 Å². The number of fused-ring (bicyclic) bond motifs is 1. The Morgan fingerprint density at radius 3 is 2.31 bits per heavy atom. The molecule has 6 N–H and O–H groups in total. The van der Waals surface area contributed by atoms with E-state index in [1.54, 1.807) is 62.4 Å². The normalized spacial score (nSPS) is 11.8. The number of nitrogens with zero attached hydrogens (tertiary/aromatic N) is 3. The predicted molar refractivity (Wildman–Crippen MR) is 208 cm³/mol. The number of aromatic amines is 1. The van der Waals surface area contributed by atoms with E-state index in [2.05, 4.69) is 30.6 Å². The van der Waals surface area contributed by atoms with E-state index in [0.717, 1.165) is 5.56 Å². The van der Waals surface area contributed by atoms with E-state index in [4.69, 9.17) is 28.8 Å². The zero-order valence-corrected chi connectivity index (χ0v) is 32.2. The molecule has 0 radical (unpaired) electrons. The Morgan fingerprint density at radius 1 is 0.914 bits per heavy atom. The molecule has 0 saturated carbocycles. The molecule has 0 aliphatic carbocycles. The highest BCUT2D eigenvalue weighted by molar-refractivity contribution is 7.48. The molecule has 1 atom stereocenters. The smallest absolute Gasteiger partial charge is 0.474 e. The number of hydrogen-bond donors (Lipinski definition) is 5. The number of nitrogens with one attached hydrogen (secondary N) is 3. The van der Waals surface area contributed by atoms with E-state index in [0.29, 0.717) is 17.8 Å². The number of aliphatic carboxylic acids is 1. The summed E-state index contributed by atoms with van der Waals surface area (Å²) in [5, 5.41) is 15.3. The van der Waals surface area contributed by atoms with Crippen LogP contribution >= 0.6 is 7.82 Å². The molecule has 2 aromatic heterocycles.